The predicted octanol–water partition coefficient (Wildman–Crippen LogP) is 1.24. The molecule has 2 atom stereocenters. The number of likely N-dealkylation sites (N-methyl/N-ethyl adjacent to an activating group) is 1. The Hall–Kier alpha value is -0.160. The van der Waals surface area contributed by atoms with Crippen molar-refractivity contribution in [2.45, 2.75) is 50.7 Å². The zero-order valence-corrected chi connectivity index (χ0v) is 12.5. The Labute approximate surface area is 117 Å². The largest absolute Gasteiger partial charge is 0.388 e. The van der Waals surface area contributed by atoms with E-state index in [1.165, 1.54) is 19.3 Å². The van der Waals surface area contributed by atoms with Gasteiger partial charge in [-0.25, -0.2) is 0 Å². The fraction of sp³-hybridized carbons (Fsp3) is 1.00. The van der Waals surface area contributed by atoms with Gasteiger partial charge >= 0.3 is 0 Å². The second-order valence-electron chi connectivity index (χ2n) is 6.39. The average Bonchev–Trinajstić information content (AvgIpc) is 2.77. The summed E-state index contributed by atoms with van der Waals surface area (Å²) in [7, 11) is 2.15. The summed E-state index contributed by atoms with van der Waals surface area (Å²) in [4.78, 5) is 2.33. The molecular weight excluding hydrogens is 240 g/mol. The van der Waals surface area contributed by atoms with Crippen molar-refractivity contribution in [1.29, 1.82) is 0 Å². The van der Waals surface area contributed by atoms with Crippen LogP contribution in [-0.4, -0.2) is 61.5 Å². The van der Waals surface area contributed by atoms with E-state index < -0.39 is 5.60 Å². The smallest absolute Gasteiger partial charge is 0.0817 e. The van der Waals surface area contributed by atoms with Crippen LogP contribution < -0.4 is 5.32 Å². The summed E-state index contributed by atoms with van der Waals surface area (Å²) in [5.41, 5.74) is -0.528. The van der Waals surface area contributed by atoms with Crippen LogP contribution in [0.1, 0.15) is 39.0 Å². The van der Waals surface area contributed by atoms with Crippen molar-refractivity contribution >= 4 is 0 Å². The molecule has 0 aromatic rings. The molecule has 1 heterocycles. The Bertz CT molecular complexity index is 267. The second kappa shape index (κ2) is 7.02. The maximum absolute atomic E-state index is 10.5. The Morgan fingerprint density at radius 1 is 1.32 bits per heavy atom. The van der Waals surface area contributed by atoms with Gasteiger partial charge in [0.25, 0.3) is 0 Å². The van der Waals surface area contributed by atoms with Crippen molar-refractivity contribution < 1.29 is 9.84 Å². The van der Waals surface area contributed by atoms with Crippen molar-refractivity contribution in [2.24, 2.45) is 5.92 Å². The Morgan fingerprint density at radius 3 is 2.74 bits per heavy atom. The number of hydrogen-bond donors (Lipinski definition) is 2. The van der Waals surface area contributed by atoms with Crippen LogP contribution in [0.15, 0.2) is 0 Å². The molecule has 4 heteroatoms. The maximum atomic E-state index is 10.5. The van der Waals surface area contributed by atoms with E-state index in [4.69, 9.17) is 4.74 Å². The summed E-state index contributed by atoms with van der Waals surface area (Å²) < 4.78 is 5.34. The number of nitrogens with zero attached hydrogens (tertiary/aromatic N) is 1. The summed E-state index contributed by atoms with van der Waals surface area (Å²) in [6, 6.07) is 0.678. The van der Waals surface area contributed by atoms with Crippen LogP contribution in [0.4, 0.5) is 0 Å². The molecule has 19 heavy (non-hydrogen) atoms. The van der Waals surface area contributed by atoms with Gasteiger partial charge in [0, 0.05) is 45.2 Å². The van der Waals surface area contributed by atoms with Crippen LogP contribution in [0.25, 0.3) is 0 Å². The van der Waals surface area contributed by atoms with E-state index in [0.29, 0.717) is 19.3 Å². The topological polar surface area (TPSA) is 44.7 Å². The SMILES string of the molecule is CCNC1CCCC1CN(C)CC1(O)CCOCC1. The highest BCUT2D eigenvalue weighted by atomic mass is 16.5. The van der Waals surface area contributed by atoms with Crippen molar-refractivity contribution in [2.75, 3.05) is 39.9 Å². The quantitative estimate of drug-likeness (QED) is 0.762. The molecule has 0 amide bonds. The first-order valence-corrected chi connectivity index (χ1v) is 7.85. The van der Waals surface area contributed by atoms with E-state index in [0.717, 1.165) is 38.4 Å². The number of nitrogens with one attached hydrogen (secondary N) is 1. The van der Waals surface area contributed by atoms with Gasteiger partial charge in [-0.05, 0) is 32.4 Å². The van der Waals surface area contributed by atoms with Gasteiger partial charge in [0.15, 0.2) is 0 Å². The van der Waals surface area contributed by atoms with Crippen molar-refractivity contribution in [3.05, 3.63) is 0 Å². The third-order valence-electron chi connectivity index (χ3n) is 4.66. The van der Waals surface area contributed by atoms with Gasteiger partial charge in [0.2, 0.25) is 0 Å². The van der Waals surface area contributed by atoms with Crippen molar-refractivity contribution in [3.63, 3.8) is 0 Å². The number of aliphatic hydroxyl groups is 1. The summed E-state index contributed by atoms with van der Waals surface area (Å²) >= 11 is 0. The lowest BCUT2D eigenvalue weighted by atomic mass is 9.93. The van der Waals surface area contributed by atoms with Gasteiger partial charge < -0.3 is 20.1 Å². The van der Waals surface area contributed by atoms with Crippen LogP contribution in [0.5, 0.6) is 0 Å². The van der Waals surface area contributed by atoms with Gasteiger partial charge in [-0.15, -0.1) is 0 Å². The number of ether oxygens (including phenoxy) is 1. The Balaban J connectivity index is 1.78. The van der Waals surface area contributed by atoms with Crippen LogP contribution >= 0.6 is 0 Å². The third-order valence-corrected chi connectivity index (χ3v) is 4.66. The summed E-state index contributed by atoms with van der Waals surface area (Å²) in [5, 5.41) is 14.2. The van der Waals surface area contributed by atoms with Gasteiger partial charge in [-0.1, -0.05) is 13.3 Å². The molecule has 1 aliphatic carbocycles. The molecular formula is C15H30N2O2. The first kappa shape index (κ1) is 15.2. The monoisotopic (exact) mass is 270 g/mol. The molecule has 2 unspecified atom stereocenters. The second-order valence-corrected chi connectivity index (χ2v) is 6.39. The molecule has 0 aromatic heterocycles. The maximum Gasteiger partial charge on any atom is 0.0817 e. The number of hydrogen-bond acceptors (Lipinski definition) is 4. The highest BCUT2D eigenvalue weighted by Crippen LogP contribution is 2.27. The van der Waals surface area contributed by atoms with Crippen molar-refractivity contribution in [3.8, 4) is 0 Å². The van der Waals surface area contributed by atoms with E-state index in [1.54, 1.807) is 0 Å². The molecule has 1 saturated carbocycles. The first-order chi connectivity index (χ1) is 9.13. The highest BCUT2D eigenvalue weighted by Gasteiger charge is 2.33. The summed E-state index contributed by atoms with van der Waals surface area (Å²) in [6.07, 6.45) is 5.53. The molecule has 0 bridgehead atoms. The third kappa shape index (κ3) is 4.42. The molecule has 4 nitrogen and oxygen atoms in total. The fourth-order valence-electron chi connectivity index (χ4n) is 3.66. The molecule has 112 valence electrons. The molecule has 1 saturated heterocycles. The Kier molecular flexibility index (Phi) is 5.63. The lowest BCUT2D eigenvalue weighted by Crippen LogP contribution is -2.48. The zero-order chi connectivity index (χ0) is 13.7. The number of rotatable bonds is 6. The summed E-state index contributed by atoms with van der Waals surface area (Å²) in [5.74, 6) is 0.744. The van der Waals surface area contributed by atoms with Crippen LogP contribution in [-0.2, 0) is 4.74 Å². The standard InChI is InChI=1S/C15H30N2O2/c1-3-16-14-6-4-5-13(14)11-17(2)12-15(18)7-9-19-10-8-15/h13-14,16,18H,3-12H2,1-2H3. The Morgan fingerprint density at radius 2 is 2.05 bits per heavy atom. The van der Waals surface area contributed by atoms with Gasteiger partial charge in [0.1, 0.15) is 0 Å². The molecule has 1 aliphatic heterocycles. The van der Waals surface area contributed by atoms with Crippen molar-refractivity contribution in [1.82, 2.24) is 10.2 Å². The minimum absolute atomic E-state index is 0.528. The first-order valence-electron chi connectivity index (χ1n) is 7.85. The molecule has 2 fully saturated rings. The molecule has 2 N–H and O–H groups in total. The molecule has 0 radical (unpaired) electrons. The lowest BCUT2D eigenvalue weighted by molar-refractivity contribution is -0.0782. The summed E-state index contributed by atoms with van der Waals surface area (Å²) in [6.45, 7) is 6.53. The van der Waals surface area contributed by atoms with Gasteiger partial charge in [-0.2, -0.15) is 0 Å². The minimum Gasteiger partial charge on any atom is -0.388 e. The van der Waals surface area contributed by atoms with Crippen LogP contribution in [0.2, 0.25) is 0 Å². The van der Waals surface area contributed by atoms with E-state index in [-0.39, 0.29) is 0 Å². The fourth-order valence-corrected chi connectivity index (χ4v) is 3.66. The van der Waals surface area contributed by atoms with E-state index in [2.05, 4.69) is 24.2 Å². The van der Waals surface area contributed by atoms with Crippen LogP contribution in [0, 0.1) is 5.92 Å². The normalized spacial score (nSPS) is 30.9. The lowest BCUT2D eigenvalue weighted by Gasteiger charge is -2.36. The highest BCUT2D eigenvalue weighted by molar-refractivity contribution is 4.88. The van der Waals surface area contributed by atoms with E-state index in [9.17, 15) is 5.11 Å². The predicted molar refractivity (Wildman–Crippen MR) is 77.3 cm³/mol. The minimum atomic E-state index is -0.528. The molecule has 2 aliphatic rings. The molecule has 2 rings (SSSR count). The van der Waals surface area contributed by atoms with Gasteiger partial charge in [0.05, 0.1) is 5.60 Å². The van der Waals surface area contributed by atoms with E-state index in [1.807, 2.05) is 0 Å². The molecule has 0 aromatic carbocycles. The van der Waals surface area contributed by atoms with E-state index >= 15 is 0 Å². The van der Waals surface area contributed by atoms with Gasteiger partial charge in [-0.3, -0.25) is 0 Å². The zero-order valence-electron chi connectivity index (χ0n) is 12.5. The van der Waals surface area contributed by atoms with Crippen LogP contribution in [0.3, 0.4) is 0 Å². The average molecular weight is 270 g/mol. The molecule has 0 spiro atoms.